The molecule has 0 aliphatic rings. The van der Waals surface area contributed by atoms with Crippen LogP contribution < -0.4 is 26.2 Å². The fourth-order valence-corrected chi connectivity index (χ4v) is 6.28. The van der Waals surface area contributed by atoms with Crippen molar-refractivity contribution in [2.45, 2.75) is 53.9 Å². The molecule has 3 aromatic carbocycles. The molecule has 8 nitrogen and oxygen atoms in total. The van der Waals surface area contributed by atoms with Gasteiger partial charge in [-0.3, -0.25) is 9.48 Å². The van der Waals surface area contributed by atoms with Crippen LogP contribution in [0.5, 0.6) is 5.75 Å². The second-order valence-electron chi connectivity index (χ2n) is 12.0. The molecule has 0 aliphatic heterocycles. The third-order valence-electron chi connectivity index (χ3n) is 8.37. The van der Waals surface area contributed by atoms with Gasteiger partial charge in [0.05, 0.1) is 28.7 Å². The average Bonchev–Trinajstić information content (AvgIpc) is 3.28. The quantitative estimate of drug-likeness (QED) is 0.0513. The molecule has 4 rings (SSSR count). The number of nitrogens with zero attached hydrogens (tertiary/aromatic N) is 3. The number of halogens is 2. The number of benzene rings is 3. The first kappa shape index (κ1) is 35.9. The first-order valence-corrected chi connectivity index (χ1v) is 16.6. The molecule has 4 N–H and O–H groups in total. The molecule has 1 amide bonds. The summed E-state index contributed by atoms with van der Waals surface area (Å²) in [7, 11) is 3.80. The van der Waals surface area contributed by atoms with Crippen LogP contribution in [-0.2, 0) is 18.3 Å². The van der Waals surface area contributed by atoms with Crippen molar-refractivity contribution in [3.05, 3.63) is 97.8 Å². The minimum absolute atomic E-state index is 0.461. The predicted molar refractivity (Wildman–Crippen MR) is 197 cm³/mol. The number of ether oxygens (including phenoxy) is 1. The Labute approximate surface area is 288 Å². The molecule has 4 aromatic rings. The van der Waals surface area contributed by atoms with E-state index in [0.717, 1.165) is 90.9 Å². The molecule has 0 aliphatic carbocycles. The van der Waals surface area contributed by atoms with Crippen LogP contribution in [0.2, 0.25) is 10.0 Å². The normalized spacial score (nSPS) is 11.5. The smallest absolute Gasteiger partial charge is 0.207 e. The van der Waals surface area contributed by atoms with Crippen LogP contribution in [0.15, 0.2) is 48.5 Å². The van der Waals surface area contributed by atoms with Gasteiger partial charge in [0, 0.05) is 54.6 Å². The maximum Gasteiger partial charge on any atom is 0.207 e. The number of carbonyl (C=O) groups is 1. The zero-order valence-corrected chi connectivity index (χ0v) is 29.9. The van der Waals surface area contributed by atoms with Crippen LogP contribution in [-0.4, -0.2) is 42.9 Å². The van der Waals surface area contributed by atoms with Crippen molar-refractivity contribution in [2.24, 2.45) is 12.9 Å². The summed E-state index contributed by atoms with van der Waals surface area (Å²) in [5, 5.41) is 14.1. The Morgan fingerprint density at radius 1 is 1.02 bits per heavy atom. The highest BCUT2D eigenvalue weighted by atomic mass is 35.5. The van der Waals surface area contributed by atoms with Gasteiger partial charge in [-0.1, -0.05) is 47.5 Å². The van der Waals surface area contributed by atoms with Gasteiger partial charge >= 0.3 is 0 Å². The average molecular weight is 678 g/mol. The fraction of sp³-hybridized carbons (Fsp3) is 0.351. The number of aryl methyl sites for hydroxylation is 5. The fourth-order valence-electron chi connectivity index (χ4n) is 5.92. The van der Waals surface area contributed by atoms with E-state index in [4.69, 9.17) is 33.8 Å². The minimum Gasteiger partial charge on any atom is -0.494 e. The van der Waals surface area contributed by atoms with Gasteiger partial charge < -0.3 is 20.4 Å². The number of nitrogens with two attached hydrogens (primary N) is 1. The van der Waals surface area contributed by atoms with Crippen LogP contribution in [0.1, 0.15) is 52.0 Å². The van der Waals surface area contributed by atoms with Crippen LogP contribution in [0, 0.1) is 34.6 Å². The van der Waals surface area contributed by atoms with E-state index in [1.807, 2.05) is 64.7 Å². The van der Waals surface area contributed by atoms with E-state index < -0.39 is 0 Å². The number of aromatic nitrogens is 2. The lowest BCUT2D eigenvalue weighted by Gasteiger charge is -2.22. The zero-order chi connectivity index (χ0) is 34.2. The molecule has 250 valence electrons. The second kappa shape index (κ2) is 16.2. The van der Waals surface area contributed by atoms with Gasteiger partial charge in [-0.25, -0.2) is 5.84 Å². The molecule has 0 saturated heterocycles. The molecule has 0 fully saturated rings. The molecular weight excluding hydrogens is 631 g/mol. The number of hydrogen-bond donors (Lipinski definition) is 3. The van der Waals surface area contributed by atoms with Crippen molar-refractivity contribution >= 4 is 46.6 Å². The summed E-state index contributed by atoms with van der Waals surface area (Å²) < 4.78 is 8.08. The highest BCUT2D eigenvalue weighted by Gasteiger charge is 2.22. The molecule has 0 atom stereocenters. The molecule has 47 heavy (non-hydrogen) atoms. The SMILES string of the molecule is Cc1ccc(C/C=C(\CCCOc2cc(C)c(Cl)c(C)c2)c2ccc(Cl)c(-c3c(C)nn(C)c3C)c2NCCNC=O)c(N(C)N)c1. The molecule has 10 heteroatoms. The summed E-state index contributed by atoms with van der Waals surface area (Å²) in [6.07, 6.45) is 5.19. The van der Waals surface area contributed by atoms with Crippen molar-refractivity contribution in [2.75, 3.05) is 37.1 Å². The maximum absolute atomic E-state index is 11.0. The number of nitrogens with one attached hydrogen (secondary N) is 2. The summed E-state index contributed by atoms with van der Waals surface area (Å²) >= 11 is 13.4. The monoisotopic (exact) mass is 676 g/mol. The number of hydrazine groups is 1. The van der Waals surface area contributed by atoms with E-state index in [0.29, 0.717) is 37.5 Å². The third-order valence-corrected chi connectivity index (χ3v) is 9.28. The van der Waals surface area contributed by atoms with Crippen molar-refractivity contribution in [1.29, 1.82) is 0 Å². The molecule has 0 saturated carbocycles. The first-order chi connectivity index (χ1) is 22.4. The molecule has 1 heterocycles. The lowest BCUT2D eigenvalue weighted by molar-refractivity contribution is -0.109. The van der Waals surface area contributed by atoms with Crippen LogP contribution in [0.25, 0.3) is 16.7 Å². The van der Waals surface area contributed by atoms with Gasteiger partial charge in [0.25, 0.3) is 0 Å². The second-order valence-corrected chi connectivity index (χ2v) is 12.8. The molecular formula is C37H46Cl2N6O2. The van der Waals surface area contributed by atoms with E-state index in [-0.39, 0.29) is 0 Å². The maximum atomic E-state index is 11.0. The van der Waals surface area contributed by atoms with Gasteiger partial charge in [0.2, 0.25) is 6.41 Å². The van der Waals surface area contributed by atoms with Crippen LogP contribution in [0.3, 0.4) is 0 Å². The van der Waals surface area contributed by atoms with Crippen molar-refractivity contribution in [3.8, 4) is 16.9 Å². The van der Waals surface area contributed by atoms with Crippen LogP contribution in [0.4, 0.5) is 11.4 Å². The zero-order valence-electron chi connectivity index (χ0n) is 28.4. The number of anilines is 2. The summed E-state index contributed by atoms with van der Waals surface area (Å²) in [6, 6.07) is 14.3. The van der Waals surface area contributed by atoms with Gasteiger partial charge in [-0.2, -0.15) is 5.10 Å². The Morgan fingerprint density at radius 2 is 1.74 bits per heavy atom. The number of carbonyl (C=O) groups excluding carboxylic acids is 1. The standard InChI is InChI=1S/C37H46Cl2N6O2/c1-23-10-11-29(33(19-23)44(6)40)13-12-28(9-8-18-47-30-20-24(2)36(39)25(3)21-30)31-14-15-32(38)35(37(31)42-17-16-41-22-46)34-26(4)43-45(7)27(34)5/h10-12,14-15,19-22,42H,8-9,13,16-18,40H2,1-7H3,(H,41,46)/b28-12+. The van der Waals surface area contributed by atoms with Crippen LogP contribution >= 0.6 is 23.2 Å². The summed E-state index contributed by atoms with van der Waals surface area (Å²) in [6.45, 7) is 11.6. The molecule has 0 bridgehead atoms. The minimum atomic E-state index is 0.461. The van der Waals surface area contributed by atoms with E-state index in [1.165, 1.54) is 0 Å². The van der Waals surface area contributed by atoms with Gasteiger partial charge in [-0.05, 0) is 106 Å². The Balaban J connectivity index is 1.78. The highest BCUT2D eigenvalue weighted by molar-refractivity contribution is 6.34. The summed E-state index contributed by atoms with van der Waals surface area (Å²) in [4.78, 5) is 11.0. The van der Waals surface area contributed by atoms with Gasteiger partial charge in [0.15, 0.2) is 0 Å². The highest BCUT2D eigenvalue weighted by Crippen LogP contribution is 2.43. The number of hydrogen-bond acceptors (Lipinski definition) is 6. The van der Waals surface area contributed by atoms with E-state index >= 15 is 0 Å². The lowest BCUT2D eigenvalue weighted by Crippen LogP contribution is -2.26. The van der Waals surface area contributed by atoms with E-state index in [9.17, 15) is 4.79 Å². The number of rotatable bonds is 15. The Morgan fingerprint density at radius 3 is 2.38 bits per heavy atom. The number of amides is 1. The largest absolute Gasteiger partial charge is 0.494 e. The third kappa shape index (κ3) is 8.69. The summed E-state index contributed by atoms with van der Waals surface area (Å²) in [5.74, 6) is 7.06. The summed E-state index contributed by atoms with van der Waals surface area (Å²) in [5.41, 5.74) is 12.1. The van der Waals surface area contributed by atoms with Gasteiger partial charge in [-0.15, -0.1) is 0 Å². The molecule has 0 radical (unpaired) electrons. The van der Waals surface area contributed by atoms with Crippen molar-refractivity contribution in [1.82, 2.24) is 15.1 Å². The molecule has 0 spiro atoms. The lowest BCUT2D eigenvalue weighted by atomic mass is 9.91. The topological polar surface area (TPSA) is 97.4 Å². The van der Waals surface area contributed by atoms with E-state index in [1.54, 1.807) is 5.01 Å². The number of allylic oxidation sites excluding steroid dienone is 2. The predicted octanol–water partition coefficient (Wildman–Crippen LogP) is 7.89. The van der Waals surface area contributed by atoms with Crippen molar-refractivity contribution in [3.63, 3.8) is 0 Å². The first-order valence-electron chi connectivity index (χ1n) is 15.8. The molecule has 0 unspecified atom stereocenters. The Bertz CT molecular complexity index is 1740. The van der Waals surface area contributed by atoms with Gasteiger partial charge in [0.1, 0.15) is 5.75 Å². The Kier molecular flexibility index (Phi) is 12.4. The van der Waals surface area contributed by atoms with Crippen molar-refractivity contribution < 1.29 is 9.53 Å². The molecule has 1 aromatic heterocycles. The van der Waals surface area contributed by atoms with E-state index in [2.05, 4.69) is 53.0 Å². The Hall–Kier alpha value is -3.98.